The minimum atomic E-state index is -0.530. The van der Waals surface area contributed by atoms with Crippen LogP contribution in [0.3, 0.4) is 0 Å². The third kappa shape index (κ3) is 5.76. The Kier molecular flexibility index (Phi) is 6.69. The topological polar surface area (TPSA) is 64.3 Å². The van der Waals surface area contributed by atoms with Crippen molar-refractivity contribution in [2.45, 2.75) is 53.2 Å². The Morgan fingerprint density at radius 3 is 2.52 bits per heavy atom. The summed E-state index contributed by atoms with van der Waals surface area (Å²) in [6.07, 6.45) is 0.436. The number of hydrogen-bond donors (Lipinski definition) is 2. The van der Waals surface area contributed by atoms with Crippen molar-refractivity contribution in [2.24, 2.45) is 11.7 Å². The Balaban J connectivity index is 2.65. The highest BCUT2D eigenvalue weighted by Gasteiger charge is 2.17. The summed E-state index contributed by atoms with van der Waals surface area (Å²) < 4.78 is 5.79. The molecule has 0 spiro atoms. The molecular formula is C17H28N2O2. The molecule has 0 aromatic heterocycles. The number of nitrogens with two attached hydrogens (primary N) is 1. The number of carbonyl (C=O) groups is 1. The SMILES string of the molecule is Cc1ccc(OC(C)C(=O)NCCC(C)C)c(C(C)N)c1. The zero-order chi connectivity index (χ0) is 16.0. The van der Waals surface area contributed by atoms with E-state index in [4.69, 9.17) is 10.5 Å². The van der Waals surface area contributed by atoms with Gasteiger partial charge < -0.3 is 15.8 Å². The molecule has 4 nitrogen and oxygen atoms in total. The Bertz CT molecular complexity index is 470. The van der Waals surface area contributed by atoms with Crippen molar-refractivity contribution in [3.8, 4) is 5.75 Å². The van der Waals surface area contributed by atoms with Gasteiger partial charge in [-0.25, -0.2) is 0 Å². The van der Waals surface area contributed by atoms with E-state index in [1.54, 1.807) is 6.92 Å². The van der Waals surface area contributed by atoms with Crippen molar-refractivity contribution in [1.82, 2.24) is 5.32 Å². The lowest BCUT2D eigenvalue weighted by atomic mass is 10.1. The predicted molar refractivity (Wildman–Crippen MR) is 86.3 cm³/mol. The maximum atomic E-state index is 12.0. The van der Waals surface area contributed by atoms with Gasteiger partial charge in [0, 0.05) is 18.2 Å². The third-order valence-electron chi connectivity index (χ3n) is 3.35. The molecule has 4 heteroatoms. The Labute approximate surface area is 128 Å². The molecule has 118 valence electrons. The van der Waals surface area contributed by atoms with Crippen LogP contribution in [-0.2, 0) is 4.79 Å². The van der Waals surface area contributed by atoms with E-state index in [0.717, 1.165) is 17.5 Å². The van der Waals surface area contributed by atoms with Crippen LogP contribution in [0.15, 0.2) is 18.2 Å². The van der Waals surface area contributed by atoms with E-state index >= 15 is 0 Å². The molecule has 2 atom stereocenters. The van der Waals surface area contributed by atoms with Gasteiger partial charge in [0.1, 0.15) is 5.75 Å². The minimum Gasteiger partial charge on any atom is -0.481 e. The van der Waals surface area contributed by atoms with Gasteiger partial charge in [-0.15, -0.1) is 0 Å². The van der Waals surface area contributed by atoms with E-state index in [9.17, 15) is 4.79 Å². The highest BCUT2D eigenvalue weighted by atomic mass is 16.5. The first-order valence-corrected chi connectivity index (χ1v) is 7.61. The van der Waals surface area contributed by atoms with E-state index in [1.807, 2.05) is 32.0 Å². The van der Waals surface area contributed by atoms with Crippen molar-refractivity contribution in [3.05, 3.63) is 29.3 Å². The molecule has 0 heterocycles. The molecule has 0 radical (unpaired) electrons. The molecule has 0 aliphatic rings. The number of amides is 1. The normalized spacial score (nSPS) is 13.9. The predicted octanol–water partition coefficient (Wildman–Crippen LogP) is 2.94. The molecule has 0 saturated heterocycles. The summed E-state index contributed by atoms with van der Waals surface area (Å²) in [7, 11) is 0. The van der Waals surface area contributed by atoms with Crippen LogP contribution < -0.4 is 15.8 Å². The van der Waals surface area contributed by atoms with Crippen LogP contribution in [0.25, 0.3) is 0 Å². The number of benzene rings is 1. The summed E-state index contributed by atoms with van der Waals surface area (Å²) in [6.45, 7) is 10.6. The lowest BCUT2D eigenvalue weighted by Gasteiger charge is -2.19. The molecule has 1 amide bonds. The Morgan fingerprint density at radius 1 is 1.29 bits per heavy atom. The van der Waals surface area contributed by atoms with Crippen LogP contribution in [0.2, 0.25) is 0 Å². The molecule has 1 rings (SSSR count). The quantitative estimate of drug-likeness (QED) is 0.812. The van der Waals surface area contributed by atoms with Crippen LogP contribution >= 0.6 is 0 Å². The minimum absolute atomic E-state index is 0.0909. The second-order valence-corrected chi connectivity index (χ2v) is 6.06. The van der Waals surface area contributed by atoms with Gasteiger partial charge in [-0.2, -0.15) is 0 Å². The summed E-state index contributed by atoms with van der Waals surface area (Å²) >= 11 is 0. The second-order valence-electron chi connectivity index (χ2n) is 6.06. The molecule has 1 aromatic carbocycles. The van der Waals surface area contributed by atoms with E-state index in [0.29, 0.717) is 18.2 Å². The molecule has 0 bridgehead atoms. The maximum absolute atomic E-state index is 12.0. The highest BCUT2D eigenvalue weighted by molar-refractivity contribution is 5.80. The average Bonchev–Trinajstić information content (AvgIpc) is 2.39. The molecule has 3 N–H and O–H groups in total. The molecule has 0 aliphatic heterocycles. The van der Waals surface area contributed by atoms with E-state index in [2.05, 4.69) is 19.2 Å². The number of hydrogen-bond acceptors (Lipinski definition) is 3. The third-order valence-corrected chi connectivity index (χ3v) is 3.35. The van der Waals surface area contributed by atoms with Crippen molar-refractivity contribution >= 4 is 5.91 Å². The first-order valence-electron chi connectivity index (χ1n) is 7.61. The van der Waals surface area contributed by atoms with E-state index in [1.165, 1.54) is 0 Å². The molecule has 0 fully saturated rings. The second kappa shape index (κ2) is 8.03. The standard InChI is InChI=1S/C17H28N2O2/c1-11(2)8-9-19-17(20)14(5)21-16-7-6-12(3)10-15(16)13(4)18/h6-7,10-11,13-14H,8-9,18H2,1-5H3,(H,19,20). The zero-order valence-electron chi connectivity index (χ0n) is 13.8. The fourth-order valence-electron chi connectivity index (χ4n) is 2.00. The van der Waals surface area contributed by atoms with E-state index < -0.39 is 6.10 Å². The number of carbonyl (C=O) groups excluding carboxylic acids is 1. The lowest BCUT2D eigenvalue weighted by molar-refractivity contribution is -0.127. The number of rotatable bonds is 7. The van der Waals surface area contributed by atoms with Crippen molar-refractivity contribution in [2.75, 3.05) is 6.54 Å². The van der Waals surface area contributed by atoms with Crippen molar-refractivity contribution in [1.29, 1.82) is 0 Å². The van der Waals surface area contributed by atoms with Crippen LogP contribution in [0, 0.1) is 12.8 Å². The van der Waals surface area contributed by atoms with Gasteiger partial charge in [0.15, 0.2) is 6.10 Å². The number of nitrogens with one attached hydrogen (secondary N) is 1. The van der Waals surface area contributed by atoms with Gasteiger partial charge in [-0.05, 0) is 39.2 Å². The largest absolute Gasteiger partial charge is 0.481 e. The Morgan fingerprint density at radius 2 is 1.95 bits per heavy atom. The molecule has 0 saturated carbocycles. The molecule has 0 aliphatic carbocycles. The first-order chi connectivity index (χ1) is 9.81. The Hall–Kier alpha value is -1.55. The molecule has 21 heavy (non-hydrogen) atoms. The van der Waals surface area contributed by atoms with Gasteiger partial charge in [-0.3, -0.25) is 4.79 Å². The van der Waals surface area contributed by atoms with Gasteiger partial charge in [-0.1, -0.05) is 31.5 Å². The van der Waals surface area contributed by atoms with Gasteiger partial charge in [0.25, 0.3) is 5.91 Å². The summed E-state index contributed by atoms with van der Waals surface area (Å²) in [5.41, 5.74) is 8.02. The lowest BCUT2D eigenvalue weighted by Crippen LogP contribution is -2.37. The number of ether oxygens (including phenoxy) is 1. The smallest absolute Gasteiger partial charge is 0.260 e. The molecule has 1 aromatic rings. The van der Waals surface area contributed by atoms with Crippen molar-refractivity contribution in [3.63, 3.8) is 0 Å². The van der Waals surface area contributed by atoms with E-state index in [-0.39, 0.29) is 11.9 Å². The van der Waals surface area contributed by atoms with Crippen LogP contribution in [0.5, 0.6) is 5.75 Å². The fraction of sp³-hybridized carbons (Fsp3) is 0.588. The number of aryl methyl sites for hydroxylation is 1. The monoisotopic (exact) mass is 292 g/mol. The average molecular weight is 292 g/mol. The van der Waals surface area contributed by atoms with Crippen molar-refractivity contribution < 1.29 is 9.53 Å². The van der Waals surface area contributed by atoms with Crippen LogP contribution in [0.1, 0.15) is 51.3 Å². The van der Waals surface area contributed by atoms with Gasteiger partial charge in [0.2, 0.25) is 0 Å². The maximum Gasteiger partial charge on any atom is 0.260 e. The zero-order valence-corrected chi connectivity index (χ0v) is 13.8. The summed E-state index contributed by atoms with van der Waals surface area (Å²) in [5.74, 6) is 1.16. The summed E-state index contributed by atoms with van der Waals surface area (Å²) in [4.78, 5) is 12.0. The van der Waals surface area contributed by atoms with Crippen LogP contribution in [0.4, 0.5) is 0 Å². The summed E-state index contributed by atoms with van der Waals surface area (Å²) in [6, 6.07) is 5.72. The van der Waals surface area contributed by atoms with Crippen LogP contribution in [-0.4, -0.2) is 18.6 Å². The summed E-state index contributed by atoms with van der Waals surface area (Å²) in [5, 5.41) is 2.90. The fourth-order valence-corrected chi connectivity index (χ4v) is 2.00. The molecular weight excluding hydrogens is 264 g/mol. The highest BCUT2D eigenvalue weighted by Crippen LogP contribution is 2.26. The molecule has 2 unspecified atom stereocenters. The van der Waals surface area contributed by atoms with Gasteiger partial charge >= 0.3 is 0 Å². The van der Waals surface area contributed by atoms with Gasteiger partial charge in [0.05, 0.1) is 0 Å². The first kappa shape index (κ1) is 17.5.